The summed E-state index contributed by atoms with van der Waals surface area (Å²) in [5.74, 6) is 0.972. The molecule has 3 heterocycles. The highest BCUT2D eigenvalue weighted by Gasteiger charge is 2.14. The van der Waals surface area contributed by atoms with Gasteiger partial charge in [-0.05, 0) is 36.1 Å². The van der Waals surface area contributed by atoms with Crippen molar-refractivity contribution in [3.63, 3.8) is 0 Å². The van der Waals surface area contributed by atoms with Gasteiger partial charge in [-0.25, -0.2) is 9.97 Å². The van der Waals surface area contributed by atoms with E-state index in [-0.39, 0.29) is 0 Å². The summed E-state index contributed by atoms with van der Waals surface area (Å²) in [5, 5.41) is 0. The van der Waals surface area contributed by atoms with Crippen LogP contribution in [0.3, 0.4) is 0 Å². The largest absolute Gasteiger partial charge is 0.337 e. The second kappa shape index (κ2) is 6.34. The Morgan fingerprint density at radius 2 is 1.96 bits per heavy atom. The number of hydrogen-bond donors (Lipinski definition) is 1. The summed E-state index contributed by atoms with van der Waals surface area (Å²) in [4.78, 5) is 14.9. The molecule has 0 spiro atoms. The van der Waals surface area contributed by atoms with Crippen LogP contribution in [0, 0.1) is 0 Å². The lowest BCUT2D eigenvalue weighted by molar-refractivity contribution is 0.281. The van der Waals surface area contributed by atoms with Crippen LogP contribution in [0.25, 0.3) is 16.7 Å². The molecular weight excluding hydrogens is 284 g/mol. The maximum absolute atomic E-state index is 4.63. The van der Waals surface area contributed by atoms with Crippen molar-refractivity contribution >= 4 is 16.7 Å². The normalized spacial score (nSPS) is 16.3. The summed E-state index contributed by atoms with van der Waals surface area (Å²) in [5.41, 5.74) is 4.49. The van der Waals surface area contributed by atoms with E-state index in [1.54, 1.807) is 6.20 Å². The van der Waals surface area contributed by atoms with E-state index in [0.717, 1.165) is 49.5 Å². The molecule has 0 bridgehead atoms. The maximum Gasteiger partial charge on any atom is 0.178 e. The number of aromatic amines is 1. The Morgan fingerprint density at radius 3 is 2.83 bits per heavy atom. The van der Waals surface area contributed by atoms with Gasteiger partial charge in [-0.1, -0.05) is 36.4 Å². The van der Waals surface area contributed by atoms with Crippen LogP contribution in [0.4, 0.5) is 0 Å². The van der Waals surface area contributed by atoms with E-state index in [9.17, 15) is 0 Å². The lowest BCUT2D eigenvalue weighted by Gasteiger charge is -2.19. The van der Waals surface area contributed by atoms with E-state index >= 15 is 0 Å². The van der Waals surface area contributed by atoms with E-state index in [2.05, 4.69) is 56.3 Å². The van der Waals surface area contributed by atoms with E-state index in [4.69, 9.17) is 0 Å². The Labute approximate surface area is 135 Å². The van der Waals surface area contributed by atoms with Gasteiger partial charge in [0.25, 0.3) is 0 Å². The van der Waals surface area contributed by atoms with Crippen LogP contribution in [0.5, 0.6) is 0 Å². The lowest BCUT2D eigenvalue weighted by Crippen LogP contribution is -2.24. The molecule has 0 fully saturated rings. The van der Waals surface area contributed by atoms with Crippen molar-refractivity contribution in [2.24, 2.45) is 0 Å². The highest BCUT2D eigenvalue weighted by atomic mass is 15.1. The zero-order chi connectivity index (χ0) is 15.5. The van der Waals surface area contributed by atoms with Crippen LogP contribution >= 0.6 is 0 Å². The second-order valence-electron chi connectivity index (χ2n) is 5.99. The first-order valence-electron chi connectivity index (χ1n) is 8.15. The third-order valence-corrected chi connectivity index (χ3v) is 4.34. The molecule has 3 aromatic rings. The summed E-state index contributed by atoms with van der Waals surface area (Å²) < 4.78 is 0. The van der Waals surface area contributed by atoms with E-state index in [1.807, 2.05) is 12.1 Å². The van der Waals surface area contributed by atoms with Gasteiger partial charge in [0.05, 0.1) is 5.52 Å². The first-order chi connectivity index (χ1) is 11.4. The Kier molecular flexibility index (Phi) is 3.90. The van der Waals surface area contributed by atoms with Gasteiger partial charge < -0.3 is 4.98 Å². The SMILES string of the molecule is C1=C(c2nc3ncccc3[nH]2)CCN(Cc2ccccc2)CC1. The molecule has 0 saturated carbocycles. The third kappa shape index (κ3) is 3.17. The third-order valence-electron chi connectivity index (χ3n) is 4.34. The predicted octanol–water partition coefficient (Wildman–Crippen LogP) is 3.64. The summed E-state index contributed by atoms with van der Waals surface area (Å²) >= 11 is 0. The molecule has 23 heavy (non-hydrogen) atoms. The molecule has 0 amide bonds. The molecule has 0 saturated heterocycles. The minimum atomic E-state index is 0.800. The number of rotatable bonds is 3. The standard InChI is InChI=1S/C19H20N4/c1-2-6-15(7-3-1)14-23-12-5-8-16(10-13-23)18-21-17-9-4-11-20-19(17)22-18/h1-4,6-9,11H,5,10,12-14H2,(H,20,21,22). The van der Waals surface area contributed by atoms with Crippen molar-refractivity contribution in [3.8, 4) is 0 Å². The monoisotopic (exact) mass is 304 g/mol. The average Bonchev–Trinajstić information content (AvgIpc) is 2.89. The molecule has 1 N–H and O–H groups in total. The number of pyridine rings is 1. The van der Waals surface area contributed by atoms with Crippen molar-refractivity contribution in [2.75, 3.05) is 13.1 Å². The van der Waals surface area contributed by atoms with Crippen LogP contribution in [0.15, 0.2) is 54.7 Å². The highest BCUT2D eigenvalue weighted by molar-refractivity contribution is 5.75. The van der Waals surface area contributed by atoms with E-state index in [0.29, 0.717) is 0 Å². The Morgan fingerprint density at radius 1 is 1.04 bits per heavy atom. The van der Waals surface area contributed by atoms with E-state index in [1.165, 1.54) is 11.1 Å². The Balaban J connectivity index is 1.47. The zero-order valence-electron chi connectivity index (χ0n) is 13.1. The van der Waals surface area contributed by atoms with Gasteiger partial charge in [-0.2, -0.15) is 0 Å². The number of aromatic nitrogens is 3. The van der Waals surface area contributed by atoms with Gasteiger partial charge >= 0.3 is 0 Å². The summed E-state index contributed by atoms with van der Waals surface area (Å²) in [6, 6.07) is 14.6. The minimum Gasteiger partial charge on any atom is -0.337 e. The maximum atomic E-state index is 4.63. The molecule has 0 aliphatic carbocycles. The number of hydrogen-bond acceptors (Lipinski definition) is 3. The van der Waals surface area contributed by atoms with Gasteiger partial charge in [0.1, 0.15) is 5.82 Å². The smallest absolute Gasteiger partial charge is 0.178 e. The zero-order valence-corrected chi connectivity index (χ0v) is 13.1. The minimum absolute atomic E-state index is 0.800. The van der Waals surface area contributed by atoms with Crippen LogP contribution in [0.1, 0.15) is 24.2 Å². The predicted molar refractivity (Wildman–Crippen MR) is 92.8 cm³/mol. The van der Waals surface area contributed by atoms with E-state index < -0.39 is 0 Å². The van der Waals surface area contributed by atoms with Crippen molar-refractivity contribution in [3.05, 3.63) is 66.1 Å². The highest BCUT2D eigenvalue weighted by Crippen LogP contribution is 2.22. The summed E-state index contributed by atoms with van der Waals surface area (Å²) in [6.07, 6.45) is 6.19. The second-order valence-corrected chi connectivity index (χ2v) is 5.99. The van der Waals surface area contributed by atoms with Crippen LogP contribution in [-0.4, -0.2) is 32.9 Å². The molecule has 0 unspecified atom stereocenters. The van der Waals surface area contributed by atoms with Gasteiger partial charge in [0, 0.05) is 25.8 Å². The molecule has 1 aliphatic heterocycles. The molecular formula is C19H20N4. The Hall–Kier alpha value is -2.46. The molecule has 0 radical (unpaired) electrons. The molecule has 1 aliphatic rings. The molecule has 116 valence electrons. The number of H-pyrrole nitrogens is 1. The molecule has 4 nitrogen and oxygen atoms in total. The van der Waals surface area contributed by atoms with Crippen molar-refractivity contribution in [1.29, 1.82) is 0 Å². The molecule has 0 atom stereocenters. The quantitative estimate of drug-likeness (QED) is 0.803. The van der Waals surface area contributed by atoms with Crippen LogP contribution in [0.2, 0.25) is 0 Å². The molecule has 4 heteroatoms. The van der Waals surface area contributed by atoms with Gasteiger partial charge in [-0.3, -0.25) is 4.90 Å². The number of fused-ring (bicyclic) bond motifs is 1. The van der Waals surface area contributed by atoms with Crippen molar-refractivity contribution in [1.82, 2.24) is 19.9 Å². The van der Waals surface area contributed by atoms with Crippen molar-refractivity contribution in [2.45, 2.75) is 19.4 Å². The topological polar surface area (TPSA) is 44.8 Å². The fourth-order valence-electron chi connectivity index (χ4n) is 3.13. The van der Waals surface area contributed by atoms with Crippen molar-refractivity contribution < 1.29 is 0 Å². The fraction of sp³-hybridized carbons (Fsp3) is 0.263. The number of nitrogens with one attached hydrogen (secondary N) is 1. The summed E-state index contributed by atoms with van der Waals surface area (Å²) in [6.45, 7) is 3.17. The molecule has 1 aromatic carbocycles. The summed E-state index contributed by atoms with van der Waals surface area (Å²) in [7, 11) is 0. The van der Waals surface area contributed by atoms with Gasteiger partial charge in [0.2, 0.25) is 0 Å². The first-order valence-corrected chi connectivity index (χ1v) is 8.15. The lowest BCUT2D eigenvalue weighted by atomic mass is 10.1. The average molecular weight is 304 g/mol. The number of benzene rings is 1. The fourth-order valence-corrected chi connectivity index (χ4v) is 3.13. The molecule has 2 aromatic heterocycles. The van der Waals surface area contributed by atoms with Crippen LogP contribution < -0.4 is 0 Å². The van der Waals surface area contributed by atoms with Crippen LogP contribution in [-0.2, 0) is 6.54 Å². The number of imidazole rings is 1. The van der Waals surface area contributed by atoms with Gasteiger partial charge in [0.15, 0.2) is 5.65 Å². The van der Waals surface area contributed by atoms with Gasteiger partial charge in [-0.15, -0.1) is 0 Å². The first kappa shape index (κ1) is 14.2. The number of nitrogens with zero attached hydrogens (tertiary/aromatic N) is 3. The molecule has 4 rings (SSSR count). The Bertz CT molecular complexity index is 787.